The van der Waals surface area contributed by atoms with Gasteiger partial charge in [-0.1, -0.05) is 23.2 Å². The molecule has 1 unspecified atom stereocenters. The van der Waals surface area contributed by atoms with Crippen LogP contribution in [-0.4, -0.2) is 42.9 Å². The van der Waals surface area contributed by atoms with Crippen LogP contribution < -0.4 is 5.73 Å². The Labute approximate surface area is 116 Å². The average molecular weight is 291 g/mol. The number of nitrogen functional groups attached to an aromatic ring is 1. The summed E-state index contributed by atoms with van der Waals surface area (Å²) in [6.07, 6.45) is -0.626. The lowest BCUT2D eigenvalue weighted by Gasteiger charge is -2.28. The van der Waals surface area contributed by atoms with E-state index in [1.165, 1.54) is 0 Å². The fourth-order valence-electron chi connectivity index (χ4n) is 1.93. The molecule has 1 saturated heterocycles. The van der Waals surface area contributed by atoms with Gasteiger partial charge in [0.15, 0.2) is 0 Å². The molecule has 0 radical (unpaired) electrons. The molecule has 0 saturated carbocycles. The van der Waals surface area contributed by atoms with Crippen LogP contribution in [-0.2, 0) is 4.74 Å². The minimum Gasteiger partial charge on any atom is -0.396 e. The highest BCUT2D eigenvalue weighted by molar-refractivity contribution is 6.38. The predicted octanol–water partition coefficient (Wildman–Crippen LogP) is 1.94. The molecule has 1 heterocycles. The van der Waals surface area contributed by atoms with Crippen LogP contribution >= 0.6 is 23.2 Å². The van der Waals surface area contributed by atoms with Gasteiger partial charge in [0.25, 0.3) is 0 Å². The van der Waals surface area contributed by atoms with E-state index in [9.17, 15) is 5.11 Å². The van der Waals surface area contributed by atoms with Gasteiger partial charge in [-0.05, 0) is 17.7 Å². The van der Waals surface area contributed by atoms with Gasteiger partial charge >= 0.3 is 0 Å². The largest absolute Gasteiger partial charge is 0.396 e. The van der Waals surface area contributed by atoms with Gasteiger partial charge in [-0.15, -0.1) is 0 Å². The molecule has 3 N–H and O–H groups in total. The van der Waals surface area contributed by atoms with Crippen LogP contribution in [0.3, 0.4) is 0 Å². The highest BCUT2D eigenvalue weighted by Gasteiger charge is 2.17. The van der Waals surface area contributed by atoms with Gasteiger partial charge in [-0.2, -0.15) is 0 Å². The first-order valence-corrected chi connectivity index (χ1v) is 6.56. The monoisotopic (exact) mass is 290 g/mol. The van der Waals surface area contributed by atoms with Crippen LogP contribution in [0.2, 0.25) is 10.0 Å². The van der Waals surface area contributed by atoms with E-state index in [-0.39, 0.29) is 0 Å². The third kappa shape index (κ3) is 3.28. The normalized spacial score (nSPS) is 18.8. The highest BCUT2D eigenvalue weighted by atomic mass is 35.5. The molecule has 0 aliphatic carbocycles. The first-order chi connectivity index (χ1) is 8.58. The van der Waals surface area contributed by atoms with Gasteiger partial charge in [0, 0.05) is 19.6 Å². The lowest BCUT2D eigenvalue weighted by atomic mass is 10.1. The summed E-state index contributed by atoms with van der Waals surface area (Å²) in [6, 6.07) is 3.32. The lowest BCUT2D eigenvalue weighted by Crippen LogP contribution is -2.38. The van der Waals surface area contributed by atoms with Gasteiger partial charge in [0.2, 0.25) is 0 Å². The average Bonchev–Trinajstić information content (AvgIpc) is 2.36. The Morgan fingerprint density at radius 3 is 2.39 bits per heavy atom. The molecule has 1 aromatic rings. The first kappa shape index (κ1) is 13.9. The first-order valence-electron chi connectivity index (χ1n) is 5.80. The fourth-order valence-corrected chi connectivity index (χ4v) is 2.43. The van der Waals surface area contributed by atoms with Crippen molar-refractivity contribution in [2.75, 3.05) is 38.6 Å². The van der Waals surface area contributed by atoms with Crippen molar-refractivity contribution in [3.05, 3.63) is 27.7 Å². The van der Waals surface area contributed by atoms with Crippen molar-refractivity contribution in [1.29, 1.82) is 0 Å². The van der Waals surface area contributed by atoms with Crippen LogP contribution in [0.15, 0.2) is 12.1 Å². The standard InChI is InChI=1S/C12H16Cl2N2O2/c13-9-5-8(6-10(14)12(9)15)11(17)7-16-1-3-18-4-2-16/h5-6,11,17H,1-4,7,15H2. The second-order valence-corrected chi connectivity index (χ2v) is 5.14. The van der Waals surface area contributed by atoms with Gasteiger partial charge in [-0.25, -0.2) is 0 Å². The smallest absolute Gasteiger partial charge is 0.0918 e. The van der Waals surface area contributed by atoms with E-state index in [0.717, 1.165) is 13.1 Å². The number of aliphatic hydroxyl groups excluding tert-OH is 1. The summed E-state index contributed by atoms with van der Waals surface area (Å²) >= 11 is 11.9. The number of hydrogen-bond acceptors (Lipinski definition) is 4. The van der Waals surface area contributed by atoms with E-state index in [1.807, 2.05) is 0 Å². The number of hydrogen-bond donors (Lipinski definition) is 2. The number of nitrogens with two attached hydrogens (primary N) is 1. The molecule has 0 aromatic heterocycles. The summed E-state index contributed by atoms with van der Waals surface area (Å²) in [4.78, 5) is 2.15. The number of morpholine rings is 1. The third-order valence-corrected chi connectivity index (χ3v) is 3.65. The maximum atomic E-state index is 10.2. The van der Waals surface area contributed by atoms with Crippen molar-refractivity contribution in [3.8, 4) is 0 Å². The molecule has 4 nitrogen and oxygen atoms in total. The summed E-state index contributed by atoms with van der Waals surface area (Å²) in [5, 5.41) is 10.9. The maximum Gasteiger partial charge on any atom is 0.0918 e. The summed E-state index contributed by atoms with van der Waals surface area (Å²) in [7, 11) is 0. The summed E-state index contributed by atoms with van der Waals surface area (Å²) < 4.78 is 5.26. The molecule has 1 aromatic carbocycles. The molecule has 1 atom stereocenters. The van der Waals surface area contributed by atoms with Gasteiger partial charge < -0.3 is 15.6 Å². The second kappa shape index (κ2) is 6.08. The molecule has 6 heteroatoms. The van der Waals surface area contributed by atoms with E-state index >= 15 is 0 Å². The van der Waals surface area contributed by atoms with E-state index in [4.69, 9.17) is 33.7 Å². The number of ether oxygens (including phenoxy) is 1. The van der Waals surface area contributed by atoms with Gasteiger partial charge in [0.1, 0.15) is 0 Å². The number of nitrogens with zero attached hydrogens (tertiary/aromatic N) is 1. The number of anilines is 1. The Morgan fingerprint density at radius 2 is 1.83 bits per heavy atom. The molecule has 0 amide bonds. The van der Waals surface area contributed by atoms with E-state index < -0.39 is 6.10 Å². The Morgan fingerprint density at radius 1 is 1.28 bits per heavy atom. The summed E-state index contributed by atoms with van der Waals surface area (Å²) in [5.41, 5.74) is 6.70. The number of halogens is 2. The van der Waals surface area contributed by atoms with Crippen LogP contribution in [0.4, 0.5) is 5.69 Å². The molecule has 100 valence electrons. The van der Waals surface area contributed by atoms with Crippen molar-refractivity contribution >= 4 is 28.9 Å². The molecular weight excluding hydrogens is 275 g/mol. The van der Waals surface area contributed by atoms with E-state index in [0.29, 0.717) is 41.1 Å². The molecular formula is C12H16Cl2N2O2. The minimum absolute atomic E-state index is 0.348. The molecule has 1 fully saturated rings. The van der Waals surface area contributed by atoms with Crippen molar-refractivity contribution in [3.63, 3.8) is 0 Å². The van der Waals surface area contributed by atoms with Crippen molar-refractivity contribution in [2.24, 2.45) is 0 Å². The summed E-state index contributed by atoms with van der Waals surface area (Å²) in [5.74, 6) is 0. The quantitative estimate of drug-likeness (QED) is 0.836. The number of aliphatic hydroxyl groups is 1. The predicted molar refractivity (Wildman–Crippen MR) is 73.1 cm³/mol. The highest BCUT2D eigenvalue weighted by Crippen LogP contribution is 2.31. The Bertz CT molecular complexity index is 400. The van der Waals surface area contributed by atoms with Crippen molar-refractivity contribution in [1.82, 2.24) is 4.90 Å². The molecule has 18 heavy (non-hydrogen) atoms. The molecule has 0 spiro atoms. The zero-order chi connectivity index (χ0) is 13.1. The Hall–Kier alpha value is -0.520. The Kier molecular flexibility index (Phi) is 4.70. The molecule has 2 rings (SSSR count). The molecule has 1 aliphatic rings. The van der Waals surface area contributed by atoms with Crippen molar-refractivity contribution in [2.45, 2.75) is 6.10 Å². The minimum atomic E-state index is -0.626. The zero-order valence-corrected chi connectivity index (χ0v) is 11.4. The lowest BCUT2D eigenvalue weighted by molar-refractivity contribution is 0.0143. The topological polar surface area (TPSA) is 58.7 Å². The number of rotatable bonds is 3. The van der Waals surface area contributed by atoms with Crippen LogP contribution in [0.1, 0.15) is 11.7 Å². The van der Waals surface area contributed by atoms with Crippen LogP contribution in [0.5, 0.6) is 0 Å². The van der Waals surface area contributed by atoms with Gasteiger partial charge in [-0.3, -0.25) is 4.90 Å². The van der Waals surface area contributed by atoms with Crippen molar-refractivity contribution < 1.29 is 9.84 Å². The number of β-amino-alcohol motifs (C(OH)–C–C–N with tert-alkyl or cyclic N) is 1. The molecule has 1 aliphatic heterocycles. The maximum absolute atomic E-state index is 10.2. The second-order valence-electron chi connectivity index (χ2n) is 4.33. The molecule has 0 bridgehead atoms. The van der Waals surface area contributed by atoms with Gasteiger partial charge in [0.05, 0.1) is 35.1 Å². The fraction of sp³-hybridized carbons (Fsp3) is 0.500. The third-order valence-electron chi connectivity index (χ3n) is 3.02. The SMILES string of the molecule is Nc1c(Cl)cc(C(O)CN2CCOCC2)cc1Cl. The zero-order valence-electron chi connectivity index (χ0n) is 9.90. The van der Waals surface area contributed by atoms with Crippen LogP contribution in [0, 0.1) is 0 Å². The van der Waals surface area contributed by atoms with Crippen LogP contribution in [0.25, 0.3) is 0 Å². The Balaban J connectivity index is 2.06. The summed E-state index contributed by atoms with van der Waals surface area (Å²) in [6.45, 7) is 3.60. The number of benzene rings is 1. The van der Waals surface area contributed by atoms with E-state index in [2.05, 4.69) is 4.90 Å². The van der Waals surface area contributed by atoms with E-state index in [1.54, 1.807) is 12.1 Å².